The van der Waals surface area contributed by atoms with Crippen molar-refractivity contribution in [3.05, 3.63) is 76.3 Å². The monoisotopic (exact) mass is 640 g/mol. The zero-order valence-electron chi connectivity index (χ0n) is 29.0. The number of carbonyl (C=O) groups is 1. The third-order valence-electron chi connectivity index (χ3n) is 8.05. The Kier molecular flexibility index (Phi) is 6.04. The van der Waals surface area contributed by atoms with E-state index in [0.29, 0.717) is 54.8 Å². The van der Waals surface area contributed by atoms with Crippen LogP contribution in [-0.2, 0) is 23.6 Å². The van der Waals surface area contributed by atoms with Crippen molar-refractivity contribution < 1.29 is 40.1 Å². The number of carboxylic acids is 1. The van der Waals surface area contributed by atoms with Crippen LogP contribution in [0.1, 0.15) is 48.8 Å². The lowest BCUT2D eigenvalue weighted by atomic mass is 10.1. The van der Waals surface area contributed by atoms with E-state index in [4.69, 9.17) is 42.4 Å². The number of hydrogen-bond donors (Lipinski definition) is 1. The van der Waals surface area contributed by atoms with Crippen LogP contribution in [0.3, 0.4) is 0 Å². The first-order valence-electron chi connectivity index (χ1n) is 16.7. The van der Waals surface area contributed by atoms with E-state index in [0.717, 1.165) is 12.5 Å². The van der Waals surface area contributed by atoms with Crippen LogP contribution in [0.5, 0.6) is 17.2 Å². The van der Waals surface area contributed by atoms with Crippen LogP contribution in [0.15, 0.2) is 53.6 Å². The fourth-order valence-corrected chi connectivity index (χ4v) is 5.86. The number of para-hydroxylation sites is 1. The predicted octanol–water partition coefficient (Wildman–Crippen LogP) is 5.62. The second-order valence-electron chi connectivity index (χ2n) is 11.0. The maximum absolute atomic E-state index is 14.9. The Morgan fingerprint density at radius 1 is 1.27 bits per heavy atom. The third kappa shape index (κ3) is 5.38. The van der Waals surface area contributed by atoms with Gasteiger partial charge in [0.15, 0.2) is 11.5 Å². The molecule has 2 atom stereocenters. The normalized spacial score (nSPS) is 22.7. The van der Waals surface area contributed by atoms with E-state index in [9.17, 15) is 14.3 Å². The topological polar surface area (TPSA) is 111 Å². The number of aromatic nitrogens is 2. The van der Waals surface area contributed by atoms with Gasteiger partial charge >= 0.3 is 5.97 Å². The Balaban J connectivity index is 1.17. The summed E-state index contributed by atoms with van der Waals surface area (Å²) < 4.78 is 78.7. The quantitative estimate of drug-likeness (QED) is 0.249. The van der Waals surface area contributed by atoms with Gasteiger partial charge in [-0.25, -0.2) is 14.2 Å². The summed E-state index contributed by atoms with van der Waals surface area (Å²) in [6.07, 6.45) is 2.23. The Bertz CT molecular complexity index is 2030. The number of carboxylic acid groups (broad SMARTS) is 1. The molecule has 0 aliphatic carbocycles. The molecule has 4 heterocycles. The molecule has 0 spiro atoms. The standard InChI is InChI=1S/C32H31ClFN5O6/c1-3-42-27-14-19(31(40)41)13-25-29(27)36-28(39(25)16-21-9-12-43-21)17-38-11-10-37(18-35-38)24-5-4-6-26-30(24)45-32(2,44-26)22-8-7-20(33)15-23(22)34/h4-8,13-15,18,21H,3,9-12,16-17H2,1-2H3,(H,40,41)/t21-,32?/m0/s1/i1D3,3D2. The van der Waals surface area contributed by atoms with Crippen molar-refractivity contribution in [2.75, 3.05) is 31.2 Å². The summed E-state index contributed by atoms with van der Waals surface area (Å²) in [5, 5.41) is 16.5. The second kappa shape index (κ2) is 11.4. The van der Waals surface area contributed by atoms with Crippen LogP contribution < -0.4 is 19.1 Å². The minimum atomic E-state index is -3.15. The number of halogens is 2. The largest absolute Gasteiger partial charge is 0.492 e. The van der Waals surface area contributed by atoms with Crippen molar-refractivity contribution in [2.24, 2.45) is 5.10 Å². The lowest BCUT2D eigenvalue weighted by Crippen LogP contribution is -2.38. The van der Waals surface area contributed by atoms with Gasteiger partial charge in [-0.1, -0.05) is 17.7 Å². The first-order valence-corrected chi connectivity index (χ1v) is 14.6. The van der Waals surface area contributed by atoms with E-state index < -0.39 is 31.0 Å². The highest BCUT2D eigenvalue weighted by Crippen LogP contribution is 2.49. The maximum atomic E-state index is 14.9. The van der Waals surface area contributed by atoms with Gasteiger partial charge in [0.05, 0.1) is 57.4 Å². The molecule has 0 bridgehead atoms. The summed E-state index contributed by atoms with van der Waals surface area (Å²) in [7, 11) is 0. The minimum absolute atomic E-state index is 0.109. The Morgan fingerprint density at radius 3 is 2.84 bits per heavy atom. The van der Waals surface area contributed by atoms with Gasteiger partial charge in [-0.05, 0) is 55.7 Å². The SMILES string of the molecule is [2H]C([2H])([2H])C([2H])([2H])Oc1cc(C(=O)O)cc2c1nc(CN1CCN(c3cccc4c3OC(C)(c3ccc(Cl)cc3F)O4)C=N1)n2C[C@@H]1CCO1. The van der Waals surface area contributed by atoms with Gasteiger partial charge in [0.1, 0.15) is 29.2 Å². The number of hydrogen-bond acceptors (Lipinski definition) is 9. The molecule has 1 unspecified atom stereocenters. The Hall–Kier alpha value is -4.55. The van der Waals surface area contributed by atoms with Gasteiger partial charge < -0.3 is 33.5 Å². The number of hydrazone groups is 1. The molecule has 1 saturated heterocycles. The number of nitrogens with zero attached hydrogens (tertiary/aromatic N) is 5. The highest BCUT2D eigenvalue weighted by atomic mass is 35.5. The van der Waals surface area contributed by atoms with E-state index in [1.807, 2.05) is 11.0 Å². The number of fused-ring (bicyclic) bond motifs is 2. The third-order valence-corrected chi connectivity index (χ3v) is 8.29. The minimum Gasteiger partial charge on any atom is -0.492 e. The predicted molar refractivity (Wildman–Crippen MR) is 165 cm³/mol. The van der Waals surface area contributed by atoms with Gasteiger partial charge in [0, 0.05) is 29.2 Å². The maximum Gasteiger partial charge on any atom is 0.335 e. The molecule has 1 fully saturated rings. The van der Waals surface area contributed by atoms with E-state index in [1.165, 1.54) is 18.2 Å². The first kappa shape index (κ1) is 23.8. The van der Waals surface area contributed by atoms with Gasteiger partial charge in [0.2, 0.25) is 0 Å². The number of benzene rings is 3. The fraction of sp³-hybridized carbons (Fsp3) is 0.344. The highest BCUT2D eigenvalue weighted by Gasteiger charge is 2.42. The molecule has 0 saturated carbocycles. The summed E-state index contributed by atoms with van der Waals surface area (Å²) in [6.45, 7) is -2.70. The van der Waals surface area contributed by atoms with E-state index in [-0.39, 0.29) is 40.1 Å². The molecule has 13 heteroatoms. The van der Waals surface area contributed by atoms with E-state index in [1.54, 1.807) is 41.0 Å². The molecule has 7 rings (SSSR count). The molecule has 45 heavy (non-hydrogen) atoms. The average molecular weight is 641 g/mol. The highest BCUT2D eigenvalue weighted by molar-refractivity contribution is 6.30. The molecule has 1 N–H and O–H groups in total. The summed E-state index contributed by atoms with van der Waals surface area (Å²) in [4.78, 5) is 18.6. The van der Waals surface area contributed by atoms with E-state index >= 15 is 0 Å². The molecular weight excluding hydrogens is 605 g/mol. The molecule has 3 aliphatic heterocycles. The number of ether oxygens (including phenoxy) is 4. The number of aromatic carboxylic acids is 1. The van der Waals surface area contributed by atoms with Crippen molar-refractivity contribution >= 4 is 40.6 Å². The molecule has 234 valence electrons. The van der Waals surface area contributed by atoms with Crippen LogP contribution in [0.4, 0.5) is 10.1 Å². The Morgan fingerprint density at radius 2 is 2.13 bits per heavy atom. The van der Waals surface area contributed by atoms with Crippen molar-refractivity contribution in [1.29, 1.82) is 0 Å². The van der Waals surface area contributed by atoms with Crippen LogP contribution in [0.25, 0.3) is 11.0 Å². The molecule has 1 aromatic heterocycles. The van der Waals surface area contributed by atoms with Crippen LogP contribution in [-0.4, -0.2) is 64.3 Å². The first-order chi connectivity index (χ1) is 23.6. The number of rotatable bonds is 9. The van der Waals surface area contributed by atoms with Crippen molar-refractivity contribution in [1.82, 2.24) is 14.6 Å². The van der Waals surface area contributed by atoms with Gasteiger partial charge in [-0.3, -0.25) is 5.01 Å². The number of imidazole rings is 1. The second-order valence-corrected chi connectivity index (χ2v) is 11.4. The van der Waals surface area contributed by atoms with Gasteiger partial charge in [-0.2, -0.15) is 5.10 Å². The summed E-state index contributed by atoms with van der Waals surface area (Å²) in [6, 6.07) is 12.1. The zero-order chi connectivity index (χ0) is 35.6. The lowest BCUT2D eigenvalue weighted by Gasteiger charge is -2.31. The molecule has 0 radical (unpaired) electrons. The van der Waals surface area contributed by atoms with Crippen molar-refractivity contribution in [3.8, 4) is 17.2 Å². The Labute approximate surface area is 270 Å². The smallest absolute Gasteiger partial charge is 0.335 e. The van der Waals surface area contributed by atoms with Crippen molar-refractivity contribution in [2.45, 2.75) is 45.2 Å². The van der Waals surface area contributed by atoms with Crippen molar-refractivity contribution in [3.63, 3.8) is 0 Å². The average Bonchev–Trinajstić information content (AvgIpc) is 3.55. The molecule has 11 nitrogen and oxygen atoms in total. The summed E-state index contributed by atoms with van der Waals surface area (Å²) in [5.74, 6) is -2.29. The van der Waals surface area contributed by atoms with E-state index in [2.05, 4.69) is 5.10 Å². The molecule has 4 aromatic rings. The van der Waals surface area contributed by atoms with Gasteiger partial charge in [-0.15, -0.1) is 0 Å². The zero-order valence-corrected chi connectivity index (χ0v) is 24.8. The molecule has 3 aromatic carbocycles. The summed E-state index contributed by atoms with van der Waals surface area (Å²) >= 11 is 5.95. The molecular formula is C32H31ClFN5O6. The molecule has 3 aliphatic rings. The van der Waals surface area contributed by atoms with Gasteiger partial charge in [0.25, 0.3) is 5.79 Å². The number of anilines is 1. The lowest BCUT2D eigenvalue weighted by molar-refractivity contribution is -0.0705. The summed E-state index contributed by atoms with van der Waals surface area (Å²) in [5.41, 5.74) is 1.06. The molecule has 0 amide bonds. The van der Waals surface area contributed by atoms with Crippen LogP contribution in [0.2, 0.25) is 5.02 Å². The van der Waals surface area contributed by atoms with Crippen LogP contribution in [0, 0.1) is 5.82 Å². The van der Waals surface area contributed by atoms with Crippen LogP contribution >= 0.6 is 11.6 Å². The fourth-order valence-electron chi connectivity index (χ4n) is 5.70.